The first-order valence-electron chi connectivity index (χ1n) is 8.78. The number of hydrogen-bond acceptors (Lipinski definition) is 4. The SMILES string of the molecule is Cc1[nH]cnc1CSCCNC(=NCC1C2CC3C(C2)C13)NC#N. The number of rotatable bonds is 7. The van der Waals surface area contributed by atoms with Crippen LogP contribution in [0.25, 0.3) is 0 Å². The van der Waals surface area contributed by atoms with Gasteiger partial charge in [-0.3, -0.25) is 10.3 Å². The molecule has 4 aliphatic carbocycles. The van der Waals surface area contributed by atoms with E-state index in [1.54, 1.807) is 6.33 Å². The molecule has 5 rings (SSSR count). The van der Waals surface area contributed by atoms with Crippen molar-refractivity contribution in [3.63, 3.8) is 0 Å². The Morgan fingerprint density at radius 1 is 1.50 bits per heavy atom. The van der Waals surface area contributed by atoms with Gasteiger partial charge in [-0.1, -0.05) is 0 Å². The van der Waals surface area contributed by atoms with Crippen LogP contribution >= 0.6 is 11.8 Å². The van der Waals surface area contributed by atoms with Crippen molar-refractivity contribution in [1.82, 2.24) is 20.6 Å². The second-order valence-corrected chi connectivity index (χ2v) is 8.29. The van der Waals surface area contributed by atoms with Crippen LogP contribution < -0.4 is 10.6 Å². The fourth-order valence-corrected chi connectivity index (χ4v) is 5.71. The molecule has 1 heterocycles. The number of thioether (sulfide) groups is 1. The summed E-state index contributed by atoms with van der Waals surface area (Å²) in [5, 5.41) is 14.9. The molecule has 4 saturated carbocycles. The van der Waals surface area contributed by atoms with E-state index in [1.165, 1.54) is 12.8 Å². The van der Waals surface area contributed by atoms with Gasteiger partial charge >= 0.3 is 0 Å². The predicted octanol–water partition coefficient (Wildman–Crippen LogP) is 1.87. The Morgan fingerprint density at radius 2 is 2.33 bits per heavy atom. The monoisotopic (exact) mass is 344 g/mol. The Kier molecular flexibility index (Phi) is 4.40. The molecule has 1 aromatic heterocycles. The van der Waals surface area contributed by atoms with Crippen LogP contribution in [0.3, 0.4) is 0 Å². The van der Waals surface area contributed by atoms with Gasteiger partial charge in [0.25, 0.3) is 0 Å². The zero-order valence-corrected chi connectivity index (χ0v) is 14.8. The number of aliphatic imine (C=N–C) groups is 1. The average Bonchev–Trinajstić information content (AvgIpc) is 3.06. The minimum absolute atomic E-state index is 0.635. The molecule has 0 aromatic carbocycles. The first-order valence-corrected chi connectivity index (χ1v) is 9.93. The molecule has 0 saturated heterocycles. The van der Waals surface area contributed by atoms with Gasteiger partial charge in [0.2, 0.25) is 5.96 Å². The highest BCUT2D eigenvalue weighted by atomic mass is 32.2. The summed E-state index contributed by atoms with van der Waals surface area (Å²) in [5.74, 6) is 7.18. The Labute approximate surface area is 146 Å². The Bertz CT molecular complexity index is 648. The summed E-state index contributed by atoms with van der Waals surface area (Å²) < 4.78 is 0. The van der Waals surface area contributed by atoms with E-state index in [1.807, 2.05) is 24.9 Å². The lowest BCUT2D eigenvalue weighted by atomic mass is 9.99. The molecule has 3 unspecified atom stereocenters. The molecular formula is C17H24N6S. The second kappa shape index (κ2) is 6.67. The summed E-state index contributed by atoms with van der Waals surface area (Å²) in [4.78, 5) is 12.1. The van der Waals surface area contributed by atoms with Crippen molar-refractivity contribution in [2.45, 2.75) is 25.5 Å². The van der Waals surface area contributed by atoms with Crippen LogP contribution in [0.1, 0.15) is 24.2 Å². The lowest BCUT2D eigenvalue weighted by Gasteiger charge is -2.13. The first-order chi connectivity index (χ1) is 11.8. The van der Waals surface area contributed by atoms with Gasteiger partial charge in [0, 0.05) is 30.3 Å². The molecule has 3 atom stereocenters. The number of H-pyrrole nitrogens is 1. The number of nitrogens with one attached hydrogen (secondary N) is 3. The van der Waals surface area contributed by atoms with Crippen LogP contribution in [-0.2, 0) is 5.75 Å². The van der Waals surface area contributed by atoms with Crippen molar-refractivity contribution in [3.05, 3.63) is 17.7 Å². The predicted molar refractivity (Wildman–Crippen MR) is 95.2 cm³/mol. The molecule has 0 spiro atoms. The van der Waals surface area contributed by atoms with Crippen molar-refractivity contribution >= 4 is 17.7 Å². The lowest BCUT2D eigenvalue weighted by molar-refractivity contribution is 0.423. The maximum Gasteiger partial charge on any atom is 0.204 e. The van der Waals surface area contributed by atoms with Crippen LogP contribution in [0.15, 0.2) is 11.3 Å². The van der Waals surface area contributed by atoms with Crippen LogP contribution in [-0.4, -0.2) is 34.8 Å². The Hall–Kier alpha value is -1.68. The van der Waals surface area contributed by atoms with E-state index in [0.29, 0.717) is 5.96 Å². The molecule has 6 nitrogen and oxygen atoms in total. The molecule has 128 valence electrons. The van der Waals surface area contributed by atoms with Crippen molar-refractivity contribution < 1.29 is 0 Å². The number of imidazole rings is 1. The van der Waals surface area contributed by atoms with Crippen molar-refractivity contribution in [2.24, 2.45) is 34.6 Å². The minimum Gasteiger partial charge on any atom is -0.355 e. The smallest absolute Gasteiger partial charge is 0.204 e. The van der Waals surface area contributed by atoms with Crippen molar-refractivity contribution in [3.8, 4) is 6.19 Å². The molecule has 0 radical (unpaired) electrons. The summed E-state index contributed by atoms with van der Waals surface area (Å²) in [6.07, 6.45) is 6.61. The number of hydrogen-bond donors (Lipinski definition) is 3. The molecule has 1 aromatic rings. The van der Waals surface area contributed by atoms with Crippen molar-refractivity contribution in [2.75, 3.05) is 18.8 Å². The molecule has 4 aliphatic rings. The van der Waals surface area contributed by atoms with E-state index in [4.69, 9.17) is 5.26 Å². The third-order valence-corrected chi connectivity index (χ3v) is 6.96. The van der Waals surface area contributed by atoms with E-state index in [0.717, 1.165) is 65.6 Å². The van der Waals surface area contributed by atoms with Gasteiger partial charge in [-0.15, -0.1) is 0 Å². The minimum atomic E-state index is 0.635. The standard InChI is InChI=1S/C17H24N6S/c1-10-15(23-9-22-10)7-24-3-2-19-17(21-8-18)20-6-14-11-4-12-13(5-11)16(12)14/h9,11-14,16H,2-7H2,1H3,(H,22,23)(H2,19,20,21). The van der Waals surface area contributed by atoms with Crippen molar-refractivity contribution in [1.29, 1.82) is 5.26 Å². The zero-order chi connectivity index (χ0) is 16.5. The van der Waals surface area contributed by atoms with E-state index in [9.17, 15) is 0 Å². The number of nitriles is 1. The topological polar surface area (TPSA) is 88.9 Å². The highest BCUT2D eigenvalue weighted by Gasteiger charge is 2.67. The molecule has 0 amide bonds. The van der Waals surface area contributed by atoms with E-state index in [-0.39, 0.29) is 0 Å². The van der Waals surface area contributed by atoms with E-state index in [2.05, 4.69) is 25.6 Å². The number of aromatic nitrogens is 2. The maximum absolute atomic E-state index is 8.91. The van der Waals surface area contributed by atoms with Crippen LogP contribution in [0.5, 0.6) is 0 Å². The summed E-state index contributed by atoms with van der Waals surface area (Å²) in [6, 6.07) is 0. The van der Waals surface area contributed by atoms with E-state index < -0.39 is 0 Å². The summed E-state index contributed by atoms with van der Waals surface area (Å²) >= 11 is 1.83. The normalized spacial score (nSPS) is 32.7. The lowest BCUT2D eigenvalue weighted by Crippen LogP contribution is -2.36. The third kappa shape index (κ3) is 3.00. The number of guanidine groups is 1. The molecule has 4 fully saturated rings. The average molecular weight is 344 g/mol. The highest BCUT2D eigenvalue weighted by Crippen LogP contribution is 2.73. The summed E-state index contributed by atoms with van der Waals surface area (Å²) in [5.41, 5.74) is 2.25. The molecule has 3 N–H and O–H groups in total. The van der Waals surface area contributed by atoms with Crippen LogP contribution in [0.4, 0.5) is 0 Å². The van der Waals surface area contributed by atoms with Crippen LogP contribution in [0, 0.1) is 48.0 Å². The largest absolute Gasteiger partial charge is 0.355 e. The Morgan fingerprint density at radius 3 is 2.96 bits per heavy atom. The molecule has 4 bridgehead atoms. The fraction of sp³-hybridized carbons (Fsp3) is 0.706. The van der Waals surface area contributed by atoms with Crippen LogP contribution in [0.2, 0.25) is 0 Å². The molecule has 24 heavy (non-hydrogen) atoms. The number of nitrogens with zero attached hydrogens (tertiary/aromatic N) is 3. The quantitative estimate of drug-likeness (QED) is 0.231. The summed E-state index contributed by atoms with van der Waals surface area (Å²) in [7, 11) is 0. The second-order valence-electron chi connectivity index (χ2n) is 7.18. The third-order valence-electron chi connectivity index (χ3n) is 5.99. The molecule has 7 heteroatoms. The fourth-order valence-electron chi connectivity index (χ4n) is 4.84. The van der Waals surface area contributed by atoms with E-state index >= 15 is 0 Å². The first kappa shape index (κ1) is 15.8. The summed E-state index contributed by atoms with van der Waals surface area (Å²) in [6.45, 7) is 3.71. The number of aryl methyl sites for hydroxylation is 1. The van der Waals surface area contributed by atoms with Gasteiger partial charge < -0.3 is 10.3 Å². The molecule has 0 aliphatic heterocycles. The number of aromatic amines is 1. The van der Waals surface area contributed by atoms with Gasteiger partial charge in [-0.05, 0) is 49.4 Å². The Balaban J connectivity index is 1.19. The zero-order valence-electron chi connectivity index (χ0n) is 14.0. The van der Waals surface area contributed by atoms with Gasteiger partial charge in [0.1, 0.15) is 0 Å². The van der Waals surface area contributed by atoms with Gasteiger partial charge in [-0.25, -0.2) is 4.98 Å². The molecular weight excluding hydrogens is 320 g/mol. The van der Waals surface area contributed by atoms with Gasteiger partial charge in [0.15, 0.2) is 6.19 Å². The van der Waals surface area contributed by atoms with Gasteiger partial charge in [0.05, 0.1) is 12.0 Å². The van der Waals surface area contributed by atoms with Gasteiger partial charge in [-0.2, -0.15) is 17.0 Å². The highest BCUT2D eigenvalue weighted by molar-refractivity contribution is 7.98. The maximum atomic E-state index is 8.91.